The second-order valence-electron chi connectivity index (χ2n) is 3.39. The van der Waals surface area contributed by atoms with Gasteiger partial charge >= 0.3 is 0 Å². The van der Waals surface area contributed by atoms with Gasteiger partial charge in [-0.2, -0.15) is 0 Å². The summed E-state index contributed by atoms with van der Waals surface area (Å²) in [6, 6.07) is 16.2. The molecule has 0 atom stereocenters. The summed E-state index contributed by atoms with van der Waals surface area (Å²) < 4.78 is 12.0. The summed E-state index contributed by atoms with van der Waals surface area (Å²) in [6.45, 7) is 2.16. The largest absolute Gasteiger partial charge is 0.399 e. The van der Waals surface area contributed by atoms with Crippen LogP contribution in [0.25, 0.3) is 0 Å². The van der Waals surface area contributed by atoms with Gasteiger partial charge in [-0.1, -0.05) is 37.3 Å². The van der Waals surface area contributed by atoms with Crippen LogP contribution in [0.4, 0.5) is 10.1 Å². The van der Waals surface area contributed by atoms with Gasteiger partial charge in [-0.3, -0.25) is 0 Å². The van der Waals surface area contributed by atoms with Crippen LogP contribution in [-0.4, -0.2) is 0 Å². The molecule has 16 heavy (non-hydrogen) atoms. The Balaban J connectivity index is 0.000000160. The van der Waals surface area contributed by atoms with E-state index in [2.05, 4.69) is 31.2 Å². The second kappa shape index (κ2) is 6.62. The fraction of sp³-hybridized carbons (Fsp3) is 0.143. The summed E-state index contributed by atoms with van der Waals surface area (Å²) in [7, 11) is 0. The smallest absolute Gasteiger partial charge is 0.123 e. The molecule has 0 fully saturated rings. The molecule has 0 saturated heterocycles. The van der Waals surface area contributed by atoms with Crippen LogP contribution in [-0.2, 0) is 6.42 Å². The molecule has 2 N–H and O–H groups in total. The van der Waals surface area contributed by atoms with Crippen LogP contribution in [0.3, 0.4) is 0 Å². The van der Waals surface area contributed by atoms with Gasteiger partial charge in [-0.15, -0.1) is 0 Å². The monoisotopic (exact) mass is 217 g/mol. The summed E-state index contributed by atoms with van der Waals surface area (Å²) >= 11 is 0. The number of rotatable bonds is 1. The Hall–Kier alpha value is -1.83. The number of hydrogen-bond donors (Lipinski definition) is 1. The average molecular weight is 217 g/mol. The van der Waals surface area contributed by atoms with Gasteiger partial charge in [-0.25, -0.2) is 4.39 Å². The zero-order valence-corrected chi connectivity index (χ0v) is 9.36. The first-order chi connectivity index (χ1) is 7.72. The van der Waals surface area contributed by atoms with E-state index in [0.717, 1.165) is 6.42 Å². The molecule has 2 rings (SSSR count). The lowest BCUT2D eigenvalue weighted by molar-refractivity contribution is 0.628. The molecular weight excluding hydrogens is 201 g/mol. The SMILES string of the molecule is CCc1ccccc1.Nc1ccc(F)cc1. The molecule has 0 radical (unpaired) electrons. The molecule has 0 aliphatic rings. The van der Waals surface area contributed by atoms with Crippen molar-refractivity contribution in [3.8, 4) is 0 Å². The molecule has 0 aliphatic carbocycles. The average Bonchev–Trinajstić information content (AvgIpc) is 2.35. The van der Waals surface area contributed by atoms with Crippen LogP contribution in [0.5, 0.6) is 0 Å². The fourth-order valence-corrected chi connectivity index (χ4v) is 1.18. The maximum atomic E-state index is 12.0. The molecule has 1 nitrogen and oxygen atoms in total. The highest BCUT2D eigenvalue weighted by Crippen LogP contribution is 2.01. The second-order valence-corrected chi connectivity index (χ2v) is 3.39. The Morgan fingerprint density at radius 3 is 1.88 bits per heavy atom. The van der Waals surface area contributed by atoms with Crippen LogP contribution in [0.2, 0.25) is 0 Å². The Labute approximate surface area is 95.7 Å². The van der Waals surface area contributed by atoms with Crippen molar-refractivity contribution in [2.45, 2.75) is 13.3 Å². The topological polar surface area (TPSA) is 26.0 Å². The van der Waals surface area contributed by atoms with Gasteiger partial charge in [0.15, 0.2) is 0 Å². The summed E-state index contributed by atoms with van der Waals surface area (Å²) in [5, 5.41) is 0. The molecule has 2 aromatic carbocycles. The van der Waals surface area contributed by atoms with E-state index >= 15 is 0 Å². The molecule has 0 saturated carbocycles. The summed E-state index contributed by atoms with van der Waals surface area (Å²) in [4.78, 5) is 0. The van der Waals surface area contributed by atoms with Gasteiger partial charge in [0.1, 0.15) is 5.82 Å². The summed E-state index contributed by atoms with van der Waals surface area (Å²) in [5.74, 6) is -0.251. The van der Waals surface area contributed by atoms with Crippen molar-refractivity contribution in [2.75, 3.05) is 5.73 Å². The minimum absolute atomic E-state index is 0.251. The maximum absolute atomic E-state index is 12.0. The highest BCUT2D eigenvalue weighted by Gasteiger charge is 1.84. The molecule has 84 valence electrons. The first-order valence-corrected chi connectivity index (χ1v) is 5.27. The minimum Gasteiger partial charge on any atom is -0.399 e. The van der Waals surface area contributed by atoms with E-state index in [1.165, 1.54) is 29.8 Å². The van der Waals surface area contributed by atoms with Crippen LogP contribution < -0.4 is 5.73 Å². The Bertz CT molecular complexity index is 374. The number of aryl methyl sites for hydroxylation is 1. The van der Waals surface area contributed by atoms with Crippen molar-refractivity contribution in [2.24, 2.45) is 0 Å². The third-order valence-corrected chi connectivity index (χ3v) is 2.12. The molecule has 0 unspecified atom stereocenters. The third-order valence-electron chi connectivity index (χ3n) is 2.12. The van der Waals surface area contributed by atoms with Gasteiger partial charge in [0.2, 0.25) is 0 Å². The summed E-state index contributed by atoms with van der Waals surface area (Å²) in [6.07, 6.45) is 1.14. The quantitative estimate of drug-likeness (QED) is 0.725. The highest BCUT2D eigenvalue weighted by molar-refractivity contribution is 5.36. The molecule has 0 bridgehead atoms. The van der Waals surface area contributed by atoms with Gasteiger partial charge in [0, 0.05) is 5.69 Å². The van der Waals surface area contributed by atoms with Gasteiger partial charge in [0.05, 0.1) is 0 Å². The number of hydrogen-bond acceptors (Lipinski definition) is 1. The van der Waals surface area contributed by atoms with Crippen molar-refractivity contribution >= 4 is 5.69 Å². The van der Waals surface area contributed by atoms with Crippen LogP contribution >= 0.6 is 0 Å². The predicted octanol–water partition coefficient (Wildman–Crippen LogP) is 3.66. The molecule has 0 aromatic heterocycles. The van der Waals surface area contributed by atoms with Crippen LogP contribution in [0, 0.1) is 5.82 Å². The molecule has 0 aliphatic heterocycles. The van der Waals surface area contributed by atoms with Gasteiger partial charge in [0.25, 0.3) is 0 Å². The predicted molar refractivity (Wildman–Crippen MR) is 66.6 cm³/mol. The van der Waals surface area contributed by atoms with Crippen molar-refractivity contribution in [3.05, 3.63) is 66.0 Å². The fourth-order valence-electron chi connectivity index (χ4n) is 1.18. The van der Waals surface area contributed by atoms with E-state index in [9.17, 15) is 4.39 Å². The number of benzene rings is 2. The zero-order valence-electron chi connectivity index (χ0n) is 9.36. The standard InChI is InChI=1S/C8H10.C6H6FN/c1-2-8-6-4-3-5-7-8;7-5-1-3-6(8)4-2-5/h3-7H,2H2,1H3;1-4H,8H2. The number of nitrogens with two attached hydrogens (primary N) is 1. The van der Waals surface area contributed by atoms with Crippen LogP contribution in [0.15, 0.2) is 54.6 Å². The molecule has 0 spiro atoms. The van der Waals surface area contributed by atoms with Crippen molar-refractivity contribution in [1.29, 1.82) is 0 Å². The van der Waals surface area contributed by atoms with Crippen molar-refractivity contribution in [3.63, 3.8) is 0 Å². The molecule has 2 heteroatoms. The van der Waals surface area contributed by atoms with E-state index in [4.69, 9.17) is 5.73 Å². The Kier molecular flexibility index (Phi) is 5.06. The minimum atomic E-state index is -0.251. The number of anilines is 1. The number of halogens is 1. The number of nitrogen functional groups attached to an aromatic ring is 1. The van der Waals surface area contributed by atoms with E-state index in [0.29, 0.717) is 5.69 Å². The zero-order chi connectivity index (χ0) is 11.8. The lowest BCUT2D eigenvalue weighted by atomic mass is 10.2. The van der Waals surface area contributed by atoms with E-state index < -0.39 is 0 Å². The normalized spacial score (nSPS) is 9.12. The lowest BCUT2D eigenvalue weighted by Gasteiger charge is -1.89. The highest BCUT2D eigenvalue weighted by atomic mass is 19.1. The van der Waals surface area contributed by atoms with E-state index in [-0.39, 0.29) is 5.82 Å². The first-order valence-electron chi connectivity index (χ1n) is 5.27. The van der Waals surface area contributed by atoms with Gasteiger partial charge in [-0.05, 0) is 36.2 Å². The maximum Gasteiger partial charge on any atom is 0.123 e. The van der Waals surface area contributed by atoms with Gasteiger partial charge < -0.3 is 5.73 Å². The van der Waals surface area contributed by atoms with Crippen molar-refractivity contribution in [1.82, 2.24) is 0 Å². The Morgan fingerprint density at radius 1 is 0.938 bits per heavy atom. The van der Waals surface area contributed by atoms with Crippen molar-refractivity contribution < 1.29 is 4.39 Å². The molecule has 2 aromatic rings. The van der Waals surface area contributed by atoms with E-state index in [1.807, 2.05) is 6.07 Å². The van der Waals surface area contributed by atoms with E-state index in [1.54, 1.807) is 0 Å². The molecule has 0 heterocycles. The first kappa shape index (κ1) is 12.2. The third kappa shape index (κ3) is 4.60. The molecule has 0 amide bonds. The molecular formula is C14H16FN. The summed E-state index contributed by atoms with van der Waals surface area (Å²) in [5.41, 5.74) is 7.26. The Morgan fingerprint density at radius 2 is 1.50 bits per heavy atom. The van der Waals surface area contributed by atoms with Crippen LogP contribution in [0.1, 0.15) is 12.5 Å². The lowest BCUT2D eigenvalue weighted by Crippen LogP contribution is -1.82.